The third kappa shape index (κ3) is 3.09. The van der Waals surface area contributed by atoms with Crippen LogP contribution in [0.15, 0.2) is 18.2 Å². The van der Waals surface area contributed by atoms with Crippen molar-refractivity contribution in [2.45, 2.75) is 18.9 Å². The molecule has 0 radical (unpaired) electrons. The van der Waals surface area contributed by atoms with E-state index in [1.54, 1.807) is 0 Å². The summed E-state index contributed by atoms with van der Waals surface area (Å²) >= 11 is 0. The van der Waals surface area contributed by atoms with Crippen LogP contribution in [0.1, 0.15) is 12.8 Å². The third-order valence-corrected chi connectivity index (χ3v) is 2.38. The van der Waals surface area contributed by atoms with Crippen LogP contribution in [0.3, 0.4) is 0 Å². The Morgan fingerprint density at radius 3 is 2.72 bits per heavy atom. The molecule has 1 aliphatic carbocycles. The summed E-state index contributed by atoms with van der Waals surface area (Å²) in [7, 11) is 1.39. The molecule has 0 heterocycles. The number of carbonyl (C=O) groups excluding carboxylic acids is 1. The molecule has 1 saturated carbocycles. The zero-order valence-corrected chi connectivity index (χ0v) is 9.71. The topological polar surface area (TPSA) is 90.7 Å². The van der Waals surface area contributed by atoms with Crippen molar-refractivity contribution >= 4 is 17.5 Å². The number of carbonyl (C=O) groups is 1. The lowest BCUT2D eigenvalue weighted by Gasteiger charge is -2.07. The van der Waals surface area contributed by atoms with Gasteiger partial charge in [0.25, 0.3) is 5.69 Å². The molecule has 7 heteroatoms. The fourth-order valence-corrected chi connectivity index (χ4v) is 1.36. The quantitative estimate of drug-likeness (QED) is 0.655. The zero-order chi connectivity index (χ0) is 13.1. The van der Waals surface area contributed by atoms with Crippen LogP contribution in [-0.2, 0) is 4.74 Å². The van der Waals surface area contributed by atoms with Gasteiger partial charge in [0, 0.05) is 12.1 Å². The van der Waals surface area contributed by atoms with Gasteiger partial charge in [0.2, 0.25) is 0 Å². The highest BCUT2D eigenvalue weighted by atomic mass is 16.6. The van der Waals surface area contributed by atoms with Crippen molar-refractivity contribution in [3.05, 3.63) is 28.3 Å². The van der Waals surface area contributed by atoms with E-state index >= 15 is 0 Å². The number of nitrogens with one attached hydrogen (secondary N) is 1. The van der Waals surface area contributed by atoms with Crippen LogP contribution in [0.2, 0.25) is 0 Å². The molecule has 0 saturated heterocycles. The van der Waals surface area contributed by atoms with Crippen LogP contribution in [-0.4, -0.2) is 24.2 Å². The van der Waals surface area contributed by atoms with Gasteiger partial charge in [-0.25, -0.2) is 4.79 Å². The number of rotatable bonds is 4. The van der Waals surface area contributed by atoms with Gasteiger partial charge in [-0.2, -0.15) is 0 Å². The fourth-order valence-electron chi connectivity index (χ4n) is 1.36. The molecule has 1 aromatic carbocycles. The van der Waals surface area contributed by atoms with E-state index in [-0.39, 0.29) is 17.5 Å². The molecule has 1 amide bonds. The molecule has 1 aliphatic rings. The number of non-ortho nitro benzene ring substituents is 1. The summed E-state index contributed by atoms with van der Waals surface area (Å²) < 4.78 is 9.90. The van der Waals surface area contributed by atoms with Crippen molar-refractivity contribution in [2.75, 3.05) is 12.4 Å². The van der Waals surface area contributed by atoms with E-state index in [1.807, 2.05) is 0 Å². The van der Waals surface area contributed by atoms with E-state index in [9.17, 15) is 14.9 Å². The Labute approximate surface area is 103 Å². The van der Waals surface area contributed by atoms with Crippen LogP contribution in [0.25, 0.3) is 0 Å². The maximum atomic E-state index is 11.4. The van der Waals surface area contributed by atoms with Gasteiger partial charge < -0.3 is 9.47 Å². The Balaban J connectivity index is 2.12. The average molecular weight is 252 g/mol. The first kappa shape index (κ1) is 12.2. The monoisotopic (exact) mass is 252 g/mol. The van der Waals surface area contributed by atoms with Crippen molar-refractivity contribution in [3.8, 4) is 5.75 Å². The molecular weight excluding hydrogens is 240 g/mol. The molecule has 96 valence electrons. The molecule has 0 atom stereocenters. The maximum absolute atomic E-state index is 11.4. The molecule has 1 N–H and O–H groups in total. The summed E-state index contributed by atoms with van der Waals surface area (Å²) in [4.78, 5) is 21.5. The summed E-state index contributed by atoms with van der Waals surface area (Å²) in [5, 5.41) is 13.1. The number of hydrogen-bond acceptors (Lipinski definition) is 5. The molecule has 0 unspecified atom stereocenters. The maximum Gasteiger partial charge on any atom is 0.411 e. The molecule has 18 heavy (non-hydrogen) atoms. The van der Waals surface area contributed by atoms with E-state index in [1.165, 1.54) is 25.3 Å². The normalized spacial score (nSPS) is 13.8. The Bertz CT molecular complexity index is 484. The van der Waals surface area contributed by atoms with Gasteiger partial charge in [-0.1, -0.05) is 0 Å². The number of benzene rings is 1. The van der Waals surface area contributed by atoms with Gasteiger partial charge in [0.05, 0.1) is 23.8 Å². The van der Waals surface area contributed by atoms with Gasteiger partial charge in [0.15, 0.2) is 0 Å². The van der Waals surface area contributed by atoms with Gasteiger partial charge in [-0.05, 0) is 12.8 Å². The van der Waals surface area contributed by atoms with Gasteiger partial charge >= 0.3 is 6.09 Å². The van der Waals surface area contributed by atoms with Crippen LogP contribution in [0, 0.1) is 10.1 Å². The molecule has 7 nitrogen and oxygen atoms in total. The highest BCUT2D eigenvalue weighted by molar-refractivity contribution is 5.85. The minimum absolute atomic E-state index is 0.0226. The summed E-state index contributed by atoms with van der Waals surface area (Å²) in [6.45, 7) is 0. The molecule has 1 aromatic rings. The lowest BCUT2D eigenvalue weighted by atomic mass is 10.2. The van der Waals surface area contributed by atoms with E-state index in [0.29, 0.717) is 5.75 Å². The second-order valence-corrected chi connectivity index (χ2v) is 3.91. The van der Waals surface area contributed by atoms with Crippen LogP contribution < -0.4 is 10.1 Å². The van der Waals surface area contributed by atoms with E-state index < -0.39 is 11.0 Å². The summed E-state index contributed by atoms with van der Waals surface area (Å²) in [5.74, 6) is 0.297. The number of hydrogen-bond donors (Lipinski definition) is 1. The smallest absolute Gasteiger partial charge is 0.411 e. The Morgan fingerprint density at radius 1 is 1.44 bits per heavy atom. The molecule has 0 spiro atoms. The molecule has 2 rings (SSSR count). The first-order valence-electron chi connectivity index (χ1n) is 5.39. The van der Waals surface area contributed by atoms with Crippen molar-refractivity contribution in [3.63, 3.8) is 0 Å². The first-order chi connectivity index (χ1) is 8.58. The van der Waals surface area contributed by atoms with Crippen LogP contribution >= 0.6 is 0 Å². The second-order valence-electron chi connectivity index (χ2n) is 3.91. The Hall–Kier alpha value is -2.31. The highest BCUT2D eigenvalue weighted by Gasteiger charge is 2.26. The molecule has 1 fully saturated rings. The minimum Gasteiger partial charge on any atom is -0.496 e. The number of nitro groups is 1. The number of nitro benzene ring substituents is 1. The van der Waals surface area contributed by atoms with Gasteiger partial charge in [-0.3, -0.25) is 15.4 Å². The largest absolute Gasteiger partial charge is 0.496 e. The molecule has 0 aromatic heterocycles. The first-order valence-corrected chi connectivity index (χ1v) is 5.39. The lowest BCUT2D eigenvalue weighted by Crippen LogP contribution is -2.14. The third-order valence-electron chi connectivity index (χ3n) is 2.38. The van der Waals surface area contributed by atoms with E-state index in [2.05, 4.69) is 5.32 Å². The lowest BCUT2D eigenvalue weighted by molar-refractivity contribution is -0.384. The molecule has 0 aliphatic heterocycles. The van der Waals surface area contributed by atoms with Crippen LogP contribution in [0.5, 0.6) is 5.75 Å². The predicted octanol–water partition coefficient (Wildman–Crippen LogP) is 2.31. The standard InChI is InChI=1S/C11H12N2O5/c1-17-10-5-7(4-8(6-10)13(15)16)12-11(14)18-9-2-3-9/h4-6,9H,2-3H2,1H3,(H,12,14). The van der Waals surface area contributed by atoms with Gasteiger partial charge in [-0.15, -0.1) is 0 Å². The number of amides is 1. The molecule has 0 bridgehead atoms. The summed E-state index contributed by atoms with van der Waals surface area (Å²) in [6.07, 6.45) is 1.10. The zero-order valence-electron chi connectivity index (χ0n) is 9.71. The number of ether oxygens (including phenoxy) is 2. The van der Waals surface area contributed by atoms with Crippen molar-refractivity contribution in [1.29, 1.82) is 0 Å². The number of anilines is 1. The SMILES string of the molecule is COc1cc(NC(=O)OC2CC2)cc([N+](=O)[O-])c1. The number of nitrogens with zero attached hydrogens (tertiary/aromatic N) is 1. The minimum atomic E-state index is -0.611. The number of methoxy groups -OCH3 is 1. The second kappa shape index (κ2) is 4.91. The van der Waals surface area contributed by atoms with Crippen molar-refractivity contribution < 1.29 is 19.2 Å². The Morgan fingerprint density at radius 2 is 2.17 bits per heavy atom. The highest BCUT2D eigenvalue weighted by Crippen LogP contribution is 2.27. The van der Waals surface area contributed by atoms with E-state index in [4.69, 9.17) is 9.47 Å². The summed E-state index contributed by atoms with van der Waals surface area (Å²) in [5.41, 5.74) is 0.114. The summed E-state index contributed by atoms with van der Waals surface area (Å²) in [6, 6.07) is 4.01. The van der Waals surface area contributed by atoms with Crippen molar-refractivity contribution in [1.82, 2.24) is 0 Å². The average Bonchev–Trinajstić information content (AvgIpc) is 3.12. The van der Waals surface area contributed by atoms with Crippen molar-refractivity contribution in [2.24, 2.45) is 0 Å². The van der Waals surface area contributed by atoms with E-state index in [0.717, 1.165) is 12.8 Å². The predicted molar refractivity (Wildman–Crippen MR) is 62.8 cm³/mol. The van der Waals surface area contributed by atoms with Gasteiger partial charge in [0.1, 0.15) is 11.9 Å². The molecular formula is C11H12N2O5. The fraction of sp³-hybridized carbons (Fsp3) is 0.364. The van der Waals surface area contributed by atoms with Crippen LogP contribution in [0.4, 0.5) is 16.2 Å². The Kier molecular flexibility index (Phi) is 3.31.